The van der Waals surface area contributed by atoms with Crippen LogP contribution in [0.1, 0.15) is 31.9 Å². The zero-order valence-corrected chi connectivity index (χ0v) is 11.4. The summed E-state index contributed by atoms with van der Waals surface area (Å²) < 4.78 is 18.6. The van der Waals surface area contributed by atoms with E-state index in [0.717, 1.165) is 5.56 Å². The molecule has 104 valence electrons. The summed E-state index contributed by atoms with van der Waals surface area (Å²) in [5.74, 6) is 0.275. The first-order valence-electron chi connectivity index (χ1n) is 6.71. The van der Waals surface area contributed by atoms with Crippen molar-refractivity contribution in [3.63, 3.8) is 0 Å². The van der Waals surface area contributed by atoms with Gasteiger partial charge in [-0.25, -0.2) is 4.39 Å². The Hall–Kier alpha value is -1.42. The van der Waals surface area contributed by atoms with Crippen LogP contribution in [0.3, 0.4) is 0 Å². The number of morpholine rings is 1. The Morgan fingerprint density at radius 3 is 2.74 bits per heavy atom. The van der Waals surface area contributed by atoms with Gasteiger partial charge in [0.15, 0.2) is 0 Å². The van der Waals surface area contributed by atoms with Crippen molar-refractivity contribution in [3.8, 4) is 0 Å². The van der Waals surface area contributed by atoms with E-state index < -0.39 is 0 Å². The van der Waals surface area contributed by atoms with Gasteiger partial charge >= 0.3 is 0 Å². The van der Waals surface area contributed by atoms with Crippen molar-refractivity contribution < 1.29 is 13.9 Å². The molecule has 1 amide bonds. The van der Waals surface area contributed by atoms with Crippen molar-refractivity contribution in [3.05, 3.63) is 35.6 Å². The number of ether oxygens (including phenoxy) is 1. The summed E-state index contributed by atoms with van der Waals surface area (Å²) >= 11 is 0. The van der Waals surface area contributed by atoms with Gasteiger partial charge in [0.05, 0.1) is 13.2 Å². The predicted octanol–water partition coefficient (Wildman–Crippen LogP) is 2.77. The highest BCUT2D eigenvalue weighted by molar-refractivity contribution is 5.76. The molecular formula is C15H20FNO2. The van der Waals surface area contributed by atoms with Crippen LogP contribution in [0.5, 0.6) is 0 Å². The molecule has 1 unspecified atom stereocenters. The van der Waals surface area contributed by atoms with Gasteiger partial charge in [-0.2, -0.15) is 0 Å². The van der Waals surface area contributed by atoms with Gasteiger partial charge in [0, 0.05) is 13.0 Å². The van der Waals surface area contributed by atoms with Crippen LogP contribution < -0.4 is 0 Å². The highest BCUT2D eigenvalue weighted by Gasteiger charge is 2.25. The molecule has 1 atom stereocenters. The molecule has 1 fully saturated rings. The second-order valence-electron chi connectivity index (χ2n) is 5.35. The molecule has 0 spiro atoms. The minimum Gasteiger partial charge on any atom is -0.370 e. The van der Waals surface area contributed by atoms with Crippen molar-refractivity contribution in [2.24, 2.45) is 5.92 Å². The maximum absolute atomic E-state index is 12.9. The zero-order valence-electron chi connectivity index (χ0n) is 11.4. The molecule has 1 aliphatic rings. The molecule has 2 rings (SSSR count). The SMILES string of the molecule is CC(C)CC(=O)N1CCOC(c2ccc(F)cc2)C1. The smallest absolute Gasteiger partial charge is 0.223 e. The van der Waals surface area contributed by atoms with E-state index in [1.807, 2.05) is 18.7 Å². The molecule has 1 aromatic rings. The monoisotopic (exact) mass is 265 g/mol. The first-order valence-corrected chi connectivity index (χ1v) is 6.71. The number of rotatable bonds is 3. The lowest BCUT2D eigenvalue weighted by Crippen LogP contribution is -2.42. The molecule has 1 saturated heterocycles. The second kappa shape index (κ2) is 6.15. The molecule has 0 bridgehead atoms. The van der Waals surface area contributed by atoms with E-state index in [9.17, 15) is 9.18 Å². The lowest BCUT2D eigenvalue weighted by Gasteiger charge is -2.33. The maximum atomic E-state index is 12.9. The molecule has 4 heteroatoms. The summed E-state index contributed by atoms with van der Waals surface area (Å²) in [6.45, 7) is 5.80. The number of nitrogens with zero attached hydrogens (tertiary/aromatic N) is 1. The van der Waals surface area contributed by atoms with Crippen LogP contribution in [0.25, 0.3) is 0 Å². The Balaban J connectivity index is 2.00. The molecule has 3 nitrogen and oxygen atoms in total. The fraction of sp³-hybridized carbons (Fsp3) is 0.533. The summed E-state index contributed by atoms with van der Waals surface area (Å²) in [5, 5.41) is 0. The molecule has 0 N–H and O–H groups in total. The molecule has 0 saturated carbocycles. The van der Waals surface area contributed by atoms with E-state index in [1.54, 1.807) is 12.1 Å². The third-order valence-corrected chi connectivity index (χ3v) is 3.24. The van der Waals surface area contributed by atoms with E-state index >= 15 is 0 Å². The second-order valence-corrected chi connectivity index (χ2v) is 5.35. The average molecular weight is 265 g/mol. The van der Waals surface area contributed by atoms with Gasteiger partial charge in [-0.1, -0.05) is 26.0 Å². The van der Waals surface area contributed by atoms with Gasteiger partial charge in [-0.05, 0) is 23.6 Å². The molecule has 0 aliphatic carbocycles. The Morgan fingerprint density at radius 1 is 1.42 bits per heavy atom. The molecular weight excluding hydrogens is 245 g/mol. The van der Waals surface area contributed by atoms with Crippen LogP contribution in [0.15, 0.2) is 24.3 Å². The van der Waals surface area contributed by atoms with Gasteiger partial charge in [0.2, 0.25) is 5.91 Å². The summed E-state index contributed by atoms with van der Waals surface area (Å²) in [7, 11) is 0. The lowest BCUT2D eigenvalue weighted by atomic mass is 10.1. The van der Waals surface area contributed by atoms with Crippen molar-refractivity contribution >= 4 is 5.91 Å². The quantitative estimate of drug-likeness (QED) is 0.841. The number of carbonyl (C=O) groups excluding carboxylic acids is 1. The van der Waals surface area contributed by atoms with Crippen LogP contribution in [0.2, 0.25) is 0 Å². The Kier molecular flexibility index (Phi) is 4.53. The van der Waals surface area contributed by atoms with E-state index in [0.29, 0.717) is 32.0 Å². The third kappa shape index (κ3) is 3.77. The van der Waals surface area contributed by atoms with Crippen molar-refractivity contribution in [2.45, 2.75) is 26.4 Å². The molecule has 0 aromatic heterocycles. The van der Waals surface area contributed by atoms with Crippen molar-refractivity contribution in [1.29, 1.82) is 0 Å². The highest BCUT2D eigenvalue weighted by atomic mass is 19.1. The molecule has 1 aromatic carbocycles. The van der Waals surface area contributed by atoms with E-state index in [2.05, 4.69) is 0 Å². The number of amides is 1. The number of carbonyl (C=O) groups is 1. The molecule has 19 heavy (non-hydrogen) atoms. The number of halogens is 1. The topological polar surface area (TPSA) is 29.5 Å². The largest absolute Gasteiger partial charge is 0.370 e. The van der Waals surface area contributed by atoms with Crippen LogP contribution in [0.4, 0.5) is 4.39 Å². The van der Waals surface area contributed by atoms with Crippen molar-refractivity contribution in [1.82, 2.24) is 4.90 Å². The normalized spacial score (nSPS) is 19.8. The summed E-state index contributed by atoms with van der Waals surface area (Å²) in [5.41, 5.74) is 0.920. The summed E-state index contributed by atoms with van der Waals surface area (Å²) in [6.07, 6.45) is 0.418. The minimum absolute atomic E-state index is 0.148. The fourth-order valence-electron chi connectivity index (χ4n) is 2.23. The summed E-state index contributed by atoms with van der Waals surface area (Å²) in [6, 6.07) is 6.29. The Morgan fingerprint density at radius 2 is 2.11 bits per heavy atom. The standard InChI is InChI=1S/C15H20FNO2/c1-11(2)9-15(18)17-7-8-19-14(10-17)12-3-5-13(16)6-4-12/h3-6,11,14H,7-10H2,1-2H3. The zero-order chi connectivity index (χ0) is 13.8. The van der Waals surface area contributed by atoms with Gasteiger partial charge in [-0.15, -0.1) is 0 Å². The summed E-state index contributed by atoms with van der Waals surface area (Å²) in [4.78, 5) is 13.9. The average Bonchev–Trinajstić information content (AvgIpc) is 2.39. The predicted molar refractivity (Wildman–Crippen MR) is 71.1 cm³/mol. The molecule has 1 heterocycles. The third-order valence-electron chi connectivity index (χ3n) is 3.24. The van der Waals surface area contributed by atoms with Crippen LogP contribution in [0, 0.1) is 11.7 Å². The van der Waals surface area contributed by atoms with Crippen molar-refractivity contribution in [2.75, 3.05) is 19.7 Å². The Bertz CT molecular complexity index is 430. The Labute approximate surface area is 113 Å². The first kappa shape index (κ1) is 14.0. The highest BCUT2D eigenvalue weighted by Crippen LogP contribution is 2.23. The van der Waals surface area contributed by atoms with E-state index in [1.165, 1.54) is 12.1 Å². The minimum atomic E-state index is -0.257. The maximum Gasteiger partial charge on any atom is 0.223 e. The number of benzene rings is 1. The van der Waals surface area contributed by atoms with Crippen LogP contribution in [-0.4, -0.2) is 30.5 Å². The van der Waals surface area contributed by atoms with Gasteiger partial charge in [0.25, 0.3) is 0 Å². The van der Waals surface area contributed by atoms with Gasteiger partial charge < -0.3 is 9.64 Å². The van der Waals surface area contributed by atoms with E-state index in [4.69, 9.17) is 4.74 Å². The lowest BCUT2D eigenvalue weighted by molar-refractivity contribution is -0.139. The van der Waals surface area contributed by atoms with Gasteiger partial charge in [0.1, 0.15) is 11.9 Å². The molecule has 1 aliphatic heterocycles. The number of hydrogen-bond acceptors (Lipinski definition) is 2. The first-order chi connectivity index (χ1) is 9.06. The van der Waals surface area contributed by atoms with Crippen LogP contribution >= 0.6 is 0 Å². The van der Waals surface area contributed by atoms with Crippen LogP contribution in [-0.2, 0) is 9.53 Å². The fourth-order valence-corrected chi connectivity index (χ4v) is 2.23. The number of hydrogen-bond donors (Lipinski definition) is 0. The molecule has 0 radical (unpaired) electrons. The van der Waals surface area contributed by atoms with Gasteiger partial charge in [-0.3, -0.25) is 4.79 Å². The van der Waals surface area contributed by atoms with E-state index in [-0.39, 0.29) is 17.8 Å².